The van der Waals surface area contributed by atoms with Crippen LogP contribution in [0.4, 0.5) is 10.5 Å². The van der Waals surface area contributed by atoms with Crippen molar-refractivity contribution in [3.8, 4) is 0 Å². The zero-order valence-electron chi connectivity index (χ0n) is 15.7. The van der Waals surface area contributed by atoms with Crippen LogP contribution in [-0.2, 0) is 16.0 Å². The van der Waals surface area contributed by atoms with Crippen molar-refractivity contribution in [3.05, 3.63) is 28.2 Å². The van der Waals surface area contributed by atoms with Crippen LogP contribution in [0.5, 0.6) is 0 Å². The predicted molar refractivity (Wildman–Crippen MR) is 109 cm³/mol. The Morgan fingerprint density at radius 2 is 2.04 bits per heavy atom. The van der Waals surface area contributed by atoms with E-state index in [1.807, 2.05) is 4.90 Å². The maximum absolute atomic E-state index is 12.8. The smallest absolute Gasteiger partial charge is 0.318 e. The number of imide groups is 1. The lowest BCUT2D eigenvalue weighted by atomic mass is 9.96. The van der Waals surface area contributed by atoms with Gasteiger partial charge in [-0.05, 0) is 55.4 Å². The molecular formula is C20H25BrN4O3. The van der Waals surface area contributed by atoms with Crippen LogP contribution in [0.15, 0.2) is 22.7 Å². The lowest BCUT2D eigenvalue weighted by Crippen LogP contribution is -2.53. The van der Waals surface area contributed by atoms with Gasteiger partial charge >= 0.3 is 6.03 Å². The number of urea groups is 1. The Morgan fingerprint density at radius 1 is 1.25 bits per heavy atom. The molecule has 1 aromatic rings. The number of piperazine rings is 1. The van der Waals surface area contributed by atoms with E-state index >= 15 is 0 Å². The fourth-order valence-corrected chi connectivity index (χ4v) is 4.96. The van der Waals surface area contributed by atoms with Crippen molar-refractivity contribution in [1.29, 1.82) is 0 Å². The van der Waals surface area contributed by atoms with Gasteiger partial charge in [-0.3, -0.25) is 14.9 Å². The quantitative estimate of drug-likeness (QED) is 0.719. The summed E-state index contributed by atoms with van der Waals surface area (Å²) in [5.41, 5.74) is 7.67. The SMILES string of the molecule is NC(=O)NC(=O)C(CCC(=O)N1CCN2c3ccc(Br)cc3CC2C1)C1CC1. The standard InChI is InChI=1S/C20H25BrN4O3/c21-14-3-5-17-13(9-14)10-15-11-24(7-8-25(15)17)18(26)6-4-16(12-1-2-12)19(27)23-20(22)28/h3,5,9,12,15-16H,1-2,4,6-8,10-11H2,(H3,22,23,27,28). The van der Waals surface area contributed by atoms with Gasteiger partial charge in [0.1, 0.15) is 0 Å². The predicted octanol–water partition coefficient (Wildman–Crippen LogP) is 2.02. The molecule has 2 aliphatic heterocycles. The molecule has 1 aliphatic carbocycles. The largest absolute Gasteiger partial charge is 0.364 e. The molecule has 4 rings (SSSR count). The second-order valence-corrected chi connectivity index (χ2v) is 8.92. The first-order valence-electron chi connectivity index (χ1n) is 9.85. The maximum Gasteiger partial charge on any atom is 0.318 e. The molecule has 28 heavy (non-hydrogen) atoms. The minimum absolute atomic E-state index is 0.0920. The van der Waals surface area contributed by atoms with E-state index in [1.54, 1.807) is 0 Å². The number of rotatable bonds is 5. The Bertz CT molecular complexity index is 811. The van der Waals surface area contributed by atoms with Crippen LogP contribution in [0, 0.1) is 11.8 Å². The molecule has 8 heteroatoms. The van der Waals surface area contributed by atoms with Gasteiger partial charge in [0.25, 0.3) is 0 Å². The minimum atomic E-state index is -0.828. The molecule has 0 bridgehead atoms. The van der Waals surface area contributed by atoms with Gasteiger partial charge in [-0.15, -0.1) is 0 Å². The van der Waals surface area contributed by atoms with E-state index in [4.69, 9.17) is 5.73 Å². The number of nitrogens with zero attached hydrogens (tertiary/aromatic N) is 2. The molecule has 3 N–H and O–H groups in total. The van der Waals surface area contributed by atoms with Crippen molar-refractivity contribution in [2.24, 2.45) is 17.6 Å². The molecule has 0 aromatic heterocycles. The highest BCUT2D eigenvalue weighted by Gasteiger charge is 2.38. The molecule has 1 saturated carbocycles. The first-order valence-corrected chi connectivity index (χ1v) is 10.6. The molecule has 1 saturated heterocycles. The van der Waals surface area contributed by atoms with E-state index in [-0.39, 0.29) is 23.7 Å². The van der Waals surface area contributed by atoms with Gasteiger partial charge in [0.15, 0.2) is 0 Å². The molecule has 2 heterocycles. The van der Waals surface area contributed by atoms with Crippen molar-refractivity contribution in [2.45, 2.75) is 38.1 Å². The van der Waals surface area contributed by atoms with Crippen molar-refractivity contribution >= 4 is 39.5 Å². The average molecular weight is 449 g/mol. The number of nitrogens with one attached hydrogen (secondary N) is 1. The number of hydrogen-bond donors (Lipinski definition) is 2. The maximum atomic E-state index is 12.8. The molecule has 0 spiro atoms. The monoisotopic (exact) mass is 448 g/mol. The summed E-state index contributed by atoms with van der Waals surface area (Å²) >= 11 is 3.53. The highest BCUT2D eigenvalue weighted by molar-refractivity contribution is 9.10. The topological polar surface area (TPSA) is 95.7 Å². The van der Waals surface area contributed by atoms with Gasteiger partial charge in [0.2, 0.25) is 11.8 Å². The first-order chi connectivity index (χ1) is 13.4. The molecule has 4 amide bonds. The molecule has 1 aromatic carbocycles. The van der Waals surface area contributed by atoms with Crippen LogP contribution >= 0.6 is 15.9 Å². The van der Waals surface area contributed by atoms with Crippen molar-refractivity contribution in [3.63, 3.8) is 0 Å². The number of carbonyl (C=O) groups excluding carboxylic acids is 3. The van der Waals surface area contributed by atoms with Gasteiger partial charge in [-0.25, -0.2) is 4.79 Å². The number of benzene rings is 1. The molecule has 150 valence electrons. The van der Waals surface area contributed by atoms with Gasteiger partial charge in [-0.2, -0.15) is 0 Å². The summed E-state index contributed by atoms with van der Waals surface area (Å²) in [4.78, 5) is 40.3. The zero-order chi connectivity index (χ0) is 19.8. The van der Waals surface area contributed by atoms with Crippen LogP contribution in [0.1, 0.15) is 31.2 Å². The summed E-state index contributed by atoms with van der Waals surface area (Å²) in [6.45, 7) is 2.25. The van der Waals surface area contributed by atoms with Crippen LogP contribution in [0.25, 0.3) is 0 Å². The van der Waals surface area contributed by atoms with Crippen molar-refractivity contribution in [2.75, 3.05) is 24.5 Å². The molecule has 0 radical (unpaired) electrons. The van der Waals surface area contributed by atoms with Gasteiger partial charge < -0.3 is 15.5 Å². The molecule has 2 unspecified atom stereocenters. The van der Waals surface area contributed by atoms with Gasteiger partial charge in [0.05, 0.1) is 6.04 Å². The van der Waals surface area contributed by atoms with Crippen LogP contribution in [-0.4, -0.2) is 48.4 Å². The molecule has 3 aliphatic rings. The molecule has 2 fully saturated rings. The number of anilines is 1. The van der Waals surface area contributed by atoms with E-state index in [0.717, 1.165) is 30.3 Å². The summed E-state index contributed by atoms with van der Waals surface area (Å²) in [5.74, 6) is -0.281. The lowest BCUT2D eigenvalue weighted by molar-refractivity contribution is -0.132. The van der Waals surface area contributed by atoms with Gasteiger partial charge in [0, 0.05) is 42.1 Å². The number of carbonyl (C=O) groups is 3. The lowest BCUT2D eigenvalue weighted by Gasteiger charge is -2.39. The van der Waals surface area contributed by atoms with E-state index in [2.05, 4.69) is 44.3 Å². The first kappa shape index (κ1) is 19.2. The number of hydrogen-bond acceptors (Lipinski definition) is 4. The van der Waals surface area contributed by atoms with Crippen molar-refractivity contribution in [1.82, 2.24) is 10.2 Å². The fraction of sp³-hybridized carbons (Fsp3) is 0.550. The minimum Gasteiger partial charge on any atom is -0.364 e. The average Bonchev–Trinajstić information content (AvgIpc) is 3.40. The zero-order valence-corrected chi connectivity index (χ0v) is 17.3. The fourth-order valence-electron chi connectivity index (χ4n) is 4.56. The molecule has 2 atom stereocenters. The van der Waals surface area contributed by atoms with Gasteiger partial charge in [-0.1, -0.05) is 15.9 Å². The second kappa shape index (κ2) is 7.73. The normalized spacial score (nSPS) is 21.7. The second-order valence-electron chi connectivity index (χ2n) is 8.00. The number of nitrogens with two attached hydrogens (primary N) is 1. The van der Waals surface area contributed by atoms with E-state index < -0.39 is 6.03 Å². The van der Waals surface area contributed by atoms with Crippen LogP contribution < -0.4 is 16.0 Å². The summed E-state index contributed by atoms with van der Waals surface area (Å²) in [6, 6.07) is 5.87. The number of amides is 4. The Balaban J connectivity index is 1.33. The summed E-state index contributed by atoms with van der Waals surface area (Å²) in [5, 5.41) is 2.18. The Hall–Kier alpha value is -2.09. The van der Waals surface area contributed by atoms with Crippen LogP contribution in [0.2, 0.25) is 0 Å². The highest BCUT2D eigenvalue weighted by atomic mass is 79.9. The summed E-state index contributed by atoms with van der Waals surface area (Å²) in [6.07, 6.45) is 3.70. The van der Waals surface area contributed by atoms with E-state index in [1.165, 1.54) is 11.3 Å². The summed E-state index contributed by atoms with van der Waals surface area (Å²) in [7, 11) is 0. The Kier molecular flexibility index (Phi) is 5.31. The Morgan fingerprint density at radius 3 is 2.75 bits per heavy atom. The van der Waals surface area contributed by atoms with Crippen molar-refractivity contribution < 1.29 is 14.4 Å². The van der Waals surface area contributed by atoms with E-state index in [0.29, 0.717) is 32.0 Å². The molecule has 7 nitrogen and oxygen atoms in total. The third-order valence-corrected chi connectivity index (χ3v) is 6.58. The number of fused-ring (bicyclic) bond motifs is 3. The van der Waals surface area contributed by atoms with E-state index in [9.17, 15) is 14.4 Å². The highest BCUT2D eigenvalue weighted by Crippen LogP contribution is 2.40. The number of halogens is 1. The van der Waals surface area contributed by atoms with Crippen LogP contribution in [0.3, 0.4) is 0 Å². The Labute approximate surface area is 172 Å². The third kappa shape index (κ3) is 4.01. The number of primary amides is 1. The molecular weight excluding hydrogens is 424 g/mol. The summed E-state index contributed by atoms with van der Waals surface area (Å²) < 4.78 is 1.08. The third-order valence-electron chi connectivity index (χ3n) is 6.09.